The van der Waals surface area contributed by atoms with Crippen LogP contribution in [0, 0.1) is 0 Å². The largest absolute Gasteiger partial charge is 0.412 e. The Bertz CT molecular complexity index is 208. The molecule has 0 saturated carbocycles. The third-order valence-corrected chi connectivity index (χ3v) is 2.01. The molecular weight excluding hydrogens is 148 g/mol. The van der Waals surface area contributed by atoms with E-state index in [1.807, 2.05) is 30.3 Å². The maximum atomic E-state index is 10.8. The second-order valence-corrected chi connectivity index (χ2v) is 3.15. The van der Waals surface area contributed by atoms with Gasteiger partial charge in [0.05, 0.1) is 0 Å². The fourth-order valence-electron chi connectivity index (χ4n) is 0.612. The summed E-state index contributed by atoms with van der Waals surface area (Å²) >= 11 is 0. The first kappa shape index (κ1) is 9.33. The van der Waals surface area contributed by atoms with Crippen molar-refractivity contribution in [3.05, 3.63) is 30.3 Å². The van der Waals surface area contributed by atoms with Gasteiger partial charge >= 0.3 is 0 Å². The van der Waals surface area contributed by atoms with Gasteiger partial charge in [-0.3, -0.25) is 4.21 Å². The Kier molecular flexibility index (Phi) is 3.91. The summed E-state index contributed by atoms with van der Waals surface area (Å²) in [5.74, 6) is 0. The van der Waals surface area contributed by atoms with Crippen molar-refractivity contribution in [1.82, 2.24) is 0 Å². The smallest absolute Gasteiger partial charge is 0.0498 e. The lowest BCUT2D eigenvalue weighted by molar-refractivity contribution is 0.687. The minimum atomic E-state index is -0.829. The lowest BCUT2D eigenvalue weighted by Gasteiger charge is -1.90. The molecule has 1 aromatic carbocycles. The van der Waals surface area contributed by atoms with Crippen LogP contribution in [-0.2, 0) is 10.8 Å². The molecule has 2 nitrogen and oxygen atoms in total. The highest BCUT2D eigenvalue weighted by atomic mass is 32.2. The van der Waals surface area contributed by atoms with Crippen LogP contribution < -0.4 is 0 Å². The number of rotatable bonds is 1. The molecular formula is C7H10O2S. The predicted octanol–water partition coefficient (Wildman–Crippen LogP) is 0.599. The van der Waals surface area contributed by atoms with E-state index in [0.717, 1.165) is 4.90 Å². The summed E-state index contributed by atoms with van der Waals surface area (Å²) in [5, 5.41) is 0. The zero-order valence-corrected chi connectivity index (χ0v) is 6.52. The first-order chi connectivity index (χ1) is 4.30. The number of hydrogen-bond donors (Lipinski definition) is 0. The summed E-state index contributed by atoms with van der Waals surface area (Å²) < 4.78 is 10.8. The van der Waals surface area contributed by atoms with Crippen molar-refractivity contribution in [3.63, 3.8) is 0 Å². The molecule has 0 saturated heterocycles. The average Bonchev–Trinajstić information content (AvgIpc) is 1.90. The Balaban J connectivity index is 0.000000810. The van der Waals surface area contributed by atoms with Gasteiger partial charge in [0.2, 0.25) is 0 Å². The maximum absolute atomic E-state index is 10.8. The van der Waals surface area contributed by atoms with E-state index in [4.69, 9.17) is 0 Å². The van der Waals surface area contributed by atoms with Gasteiger partial charge in [0, 0.05) is 22.0 Å². The Morgan fingerprint density at radius 1 is 1.20 bits per heavy atom. The fourth-order valence-corrected chi connectivity index (χ4v) is 1.15. The lowest BCUT2D eigenvalue weighted by atomic mass is 10.4. The van der Waals surface area contributed by atoms with Gasteiger partial charge in [0.1, 0.15) is 0 Å². The fraction of sp³-hybridized carbons (Fsp3) is 0.143. The van der Waals surface area contributed by atoms with Crippen LogP contribution in [-0.4, -0.2) is 15.9 Å². The first-order valence-corrected chi connectivity index (χ1v) is 4.25. The first-order valence-electron chi connectivity index (χ1n) is 2.69. The van der Waals surface area contributed by atoms with Crippen molar-refractivity contribution in [3.8, 4) is 0 Å². The molecule has 0 spiro atoms. The van der Waals surface area contributed by atoms with Crippen molar-refractivity contribution in [2.24, 2.45) is 0 Å². The standard InChI is InChI=1S/C7H8OS.H2O/c1-9(8)7-5-3-2-4-6-7;/h2-6H,1H3;1H2. The molecule has 0 aliphatic heterocycles. The van der Waals surface area contributed by atoms with Crippen LogP contribution in [0.4, 0.5) is 0 Å². The molecule has 2 N–H and O–H groups in total. The summed E-state index contributed by atoms with van der Waals surface area (Å²) in [7, 11) is -0.829. The van der Waals surface area contributed by atoms with Gasteiger partial charge in [0.15, 0.2) is 0 Å². The van der Waals surface area contributed by atoms with E-state index in [0.29, 0.717) is 0 Å². The van der Waals surface area contributed by atoms with Crippen molar-refractivity contribution in [2.75, 3.05) is 6.26 Å². The minimum absolute atomic E-state index is 0. The van der Waals surface area contributed by atoms with Crippen molar-refractivity contribution < 1.29 is 9.69 Å². The molecule has 10 heavy (non-hydrogen) atoms. The van der Waals surface area contributed by atoms with Gasteiger partial charge in [-0.25, -0.2) is 0 Å². The molecule has 1 unspecified atom stereocenters. The van der Waals surface area contributed by atoms with Gasteiger partial charge < -0.3 is 5.48 Å². The molecule has 0 bridgehead atoms. The van der Waals surface area contributed by atoms with Crippen molar-refractivity contribution >= 4 is 10.8 Å². The SMILES string of the molecule is CS(=O)c1ccccc1.O. The predicted molar refractivity (Wildman–Crippen MR) is 42.4 cm³/mol. The van der Waals surface area contributed by atoms with Crippen molar-refractivity contribution in [2.45, 2.75) is 4.90 Å². The second-order valence-electron chi connectivity index (χ2n) is 1.77. The van der Waals surface area contributed by atoms with Gasteiger partial charge in [-0.05, 0) is 12.1 Å². The molecule has 0 radical (unpaired) electrons. The average molecular weight is 158 g/mol. The molecule has 3 heteroatoms. The van der Waals surface area contributed by atoms with E-state index in [1.54, 1.807) is 6.26 Å². The molecule has 1 aromatic rings. The Morgan fingerprint density at radius 3 is 2.00 bits per heavy atom. The van der Waals surface area contributed by atoms with Gasteiger partial charge in [-0.2, -0.15) is 0 Å². The Morgan fingerprint density at radius 2 is 1.70 bits per heavy atom. The molecule has 0 aliphatic rings. The zero-order valence-electron chi connectivity index (χ0n) is 5.70. The minimum Gasteiger partial charge on any atom is -0.412 e. The van der Waals surface area contributed by atoms with Gasteiger partial charge in [-0.15, -0.1) is 0 Å². The highest BCUT2D eigenvalue weighted by Crippen LogP contribution is 2.01. The van der Waals surface area contributed by atoms with Crippen LogP contribution in [0.25, 0.3) is 0 Å². The van der Waals surface area contributed by atoms with E-state index in [2.05, 4.69) is 0 Å². The monoisotopic (exact) mass is 158 g/mol. The van der Waals surface area contributed by atoms with Crippen LogP contribution >= 0.6 is 0 Å². The van der Waals surface area contributed by atoms with Crippen LogP contribution in [0.15, 0.2) is 35.2 Å². The quantitative estimate of drug-likeness (QED) is 0.590. The molecule has 0 aromatic heterocycles. The van der Waals surface area contributed by atoms with E-state index in [1.165, 1.54) is 0 Å². The summed E-state index contributed by atoms with van der Waals surface area (Å²) in [6.07, 6.45) is 1.68. The Labute approximate surface area is 62.7 Å². The lowest BCUT2D eigenvalue weighted by Crippen LogP contribution is -1.83. The summed E-state index contributed by atoms with van der Waals surface area (Å²) in [6.45, 7) is 0. The maximum Gasteiger partial charge on any atom is 0.0498 e. The highest BCUT2D eigenvalue weighted by Gasteiger charge is 1.90. The third kappa shape index (κ3) is 2.29. The van der Waals surface area contributed by atoms with E-state index >= 15 is 0 Å². The molecule has 0 amide bonds. The molecule has 1 atom stereocenters. The van der Waals surface area contributed by atoms with Crippen molar-refractivity contribution in [1.29, 1.82) is 0 Å². The number of benzene rings is 1. The summed E-state index contributed by atoms with van der Waals surface area (Å²) in [6, 6.07) is 9.40. The Hall–Kier alpha value is -0.670. The van der Waals surface area contributed by atoms with E-state index < -0.39 is 10.8 Å². The molecule has 0 aliphatic carbocycles. The van der Waals surface area contributed by atoms with E-state index in [-0.39, 0.29) is 5.48 Å². The van der Waals surface area contributed by atoms with E-state index in [9.17, 15) is 4.21 Å². The van der Waals surface area contributed by atoms with Gasteiger partial charge in [-0.1, -0.05) is 18.2 Å². The van der Waals surface area contributed by atoms with Crippen LogP contribution in [0.2, 0.25) is 0 Å². The van der Waals surface area contributed by atoms with Crippen LogP contribution in [0.3, 0.4) is 0 Å². The molecule has 0 heterocycles. The van der Waals surface area contributed by atoms with Gasteiger partial charge in [0.25, 0.3) is 0 Å². The molecule has 1 rings (SSSR count). The normalized spacial score (nSPS) is 11.7. The summed E-state index contributed by atoms with van der Waals surface area (Å²) in [4.78, 5) is 0.887. The highest BCUT2D eigenvalue weighted by molar-refractivity contribution is 7.84. The second kappa shape index (κ2) is 4.19. The topological polar surface area (TPSA) is 48.6 Å². The number of hydrogen-bond acceptors (Lipinski definition) is 1. The van der Waals surface area contributed by atoms with Crippen LogP contribution in [0.1, 0.15) is 0 Å². The molecule has 56 valence electrons. The van der Waals surface area contributed by atoms with Crippen LogP contribution in [0.5, 0.6) is 0 Å². The zero-order chi connectivity index (χ0) is 6.69. The third-order valence-electron chi connectivity index (χ3n) is 1.08. The summed E-state index contributed by atoms with van der Waals surface area (Å²) in [5.41, 5.74) is 0. The molecule has 0 fully saturated rings.